The minimum absolute atomic E-state index is 0.0930. The van der Waals surface area contributed by atoms with Crippen molar-refractivity contribution < 1.29 is 9.90 Å². The van der Waals surface area contributed by atoms with Crippen molar-refractivity contribution in [3.05, 3.63) is 36.7 Å². The number of urea groups is 1. The summed E-state index contributed by atoms with van der Waals surface area (Å²) in [7, 11) is 0. The highest BCUT2D eigenvalue weighted by Crippen LogP contribution is 2.48. The molecule has 2 aliphatic rings. The van der Waals surface area contributed by atoms with Gasteiger partial charge in [-0.15, -0.1) is 0 Å². The highest BCUT2D eigenvalue weighted by molar-refractivity contribution is 6.01. The Bertz CT molecular complexity index is 728. The lowest BCUT2D eigenvalue weighted by atomic mass is 9.85. The minimum Gasteiger partial charge on any atom is -0.396 e. The van der Waals surface area contributed by atoms with Crippen LogP contribution in [0, 0.1) is 17.8 Å². The molecule has 120 valence electrons. The summed E-state index contributed by atoms with van der Waals surface area (Å²) in [5.41, 5.74) is 0.783. The van der Waals surface area contributed by atoms with Crippen molar-refractivity contribution >= 4 is 22.5 Å². The number of amides is 2. The molecule has 5 heteroatoms. The van der Waals surface area contributed by atoms with Crippen LogP contribution >= 0.6 is 0 Å². The highest BCUT2D eigenvalue weighted by Gasteiger charge is 2.47. The second-order valence-corrected chi connectivity index (χ2v) is 6.71. The van der Waals surface area contributed by atoms with Gasteiger partial charge >= 0.3 is 6.03 Å². The number of anilines is 1. The van der Waals surface area contributed by atoms with E-state index in [1.54, 1.807) is 12.4 Å². The molecule has 2 amide bonds. The Kier molecular flexibility index (Phi) is 3.65. The van der Waals surface area contributed by atoms with Crippen molar-refractivity contribution in [3.63, 3.8) is 0 Å². The van der Waals surface area contributed by atoms with Gasteiger partial charge in [0.1, 0.15) is 0 Å². The standard InChI is InChI=1S/C18H21N3O2/c22-10-15-11-4-5-12(8-11)17(15)21-18(23)20-16-3-1-2-13-9-19-7-6-14(13)16/h1-3,6-7,9,11-12,15,17,22H,4-5,8,10H2,(H2,20,21,23). The molecule has 4 rings (SSSR count). The largest absolute Gasteiger partial charge is 0.396 e. The van der Waals surface area contributed by atoms with E-state index in [1.165, 1.54) is 6.42 Å². The van der Waals surface area contributed by atoms with Crippen molar-refractivity contribution in [1.29, 1.82) is 0 Å². The molecule has 0 saturated heterocycles. The molecule has 2 aromatic rings. The van der Waals surface area contributed by atoms with Crippen LogP contribution in [-0.2, 0) is 0 Å². The molecular weight excluding hydrogens is 290 g/mol. The van der Waals surface area contributed by atoms with Gasteiger partial charge in [0.15, 0.2) is 0 Å². The van der Waals surface area contributed by atoms with Gasteiger partial charge in [-0.2, -0.15) is 0 Å². The van der Waals surface area contributed by atoms with Crippen LogP contribution < -0.4 is 10.6 Å². The maximum Gasteiger partial charge on any atom is 0.319 e. The number of aromatic nitrogens is 1. The molecule has 1 heterocycles. The Morgan fingerprint density at radius 3 is 3.00 bits per heavy atom. The summed E-state index contributed by atoms with van der Waals surface area (Å²) in [6.07, 6.45) is 6.99. The lowest BCUT2D eigenvalue weighted by Gasteiger charge is -2.30. The predicted molar refractivity (Wildman–Crippen MR) is 89.1 cm³/mol. The molecule has 1 aromatic carbocycles. The number of rotatable bonds is 3. The smallest absolute Gasteiger partial charge is 0.319 e. The number of pyridine rings is 1. The van der Waals surface area contributed by atoms with E-state index in [9.17, 15) is 9.90 Å². The zero-order chi connectivity index (χ0) is 15.8. The van der Waals surface area contributed by atoms with Crippen LogP contribution in [0.15, 0.2) is 36.7 Å². The van der Waals surface area contributed by atoms with E-state index >= 15 is 0 Å². The number of carbonyl (C=O) groups is 1. The highest BCUT2D eigenvalue weighted by atomic mass is 16.3. The maximum atomic E-state index is 12.4. The fourth-order valence-corrected chi connectivity index (χ4v) is 4.44. The molecule has 4 unspecified atom stereocenters. The Labute approximate surface area is 135 Å². The molecule has 2 bridgehead atoms. The summed E-state index contributed by atoms with van der Waals surface area (Å²) in [4.78, 5) is 16.5. The number of hydrogen-bond donors (Lipinski definition) is 3. The number of nitrogens with one attached hydrogen (secondary N) is 2. The summed E-state index contributed by atoms with van der Waals surface area (Å²) in [5.74, 6) is 1.29. The third kappa shape index (κ3) is 2.55. The first-order valence-corrected chi connectivity index (χ1v) is 8.27. The van der Waals surface area contributed by atoms with E-state index < -0.39 is 0 Å². The first-order chi connectivity index (χ1) is 11.3. The van der Waals surface area contributed by atoms with Gasteiger partial charge in [0, 0.05) is 41.7 Å². The molecule has 5 nitrogen and oxygen atoms in total. The van der Waals surface area contributed by atoms with Crippen molar-refractivity contribution in [2.75, 3.05) is 11.9 Å². The first kappa shape index (κ1) is 14.5. The topological polar surface area (TPSA) is 74.2 Å². The SMILES string of the molecule is O=C(Nc1cccc2cnccc12)NC1C2CCC(C2)C1CO. The second kappa shape index (κ2) is 5.81. The van der Waals surface area contributed by atoms with Gasteiger partial charge in [-0.05, 0) is 43.2 Å². The number of nitrogens with zero attached hydrogens (tertiary/aromatic N) is 1. The third-order valence-electron chi connectivity index (χ3n) is 5.53. The Hall–Kier alpha value is -2.14. The molecule has 1 aromatic heterocycles. The summed E-state index contributed by atoms with van der Waals surface area (Å²) in [6.45, 7) is 0.159. The van der Waals surface area contributed by atoms with Gasteiger partial charge in [0.2, 0.25) is 0 Å². The van der Waals surface area contributed by atoms with Gasteiger partial charge < -0.3 is 15.7 Å². The Balaban J connectivity index is 1.50. The van der Waals surface area contributed by atoms with E-state index in [2.05, 4.69) is 15.6 Å². The lowest BCUT2D eigenvalue weighted by Crippen LogP contribution is -2.46. The predicted octanol–water partition coefficient (Wildman–Crippen LogP) is 2.76. The molecule has 4 atom stereocenters. The average molecular weight is 311 g/mol. The van der Waals surface area contributed by atoms with Gasteiger partial charge in [-0.25, -0.2) is 4.79 Å². The van der Waals surface area contributed by atoms with E-state index in [-0.39, 0.29) is 24.6 Å². The normalized spacial score (nSPS) is 28.9. The number of hydrogen-bond acceptors (Lipinski definition) is 3. The number of carbonyl (C=O) groups excluding carboxylic acids is 1. The van der Waals surface area contributed by atoms with E-state index in [1.807, 2.05) is 24.3 Å². The van der Waals surface area contributed by atoms with E-state index in [0.717, 1.165) is 29.3 Å². The summed E-state index contributed by atoms with van der Waals surface area (Å²) in [6, 6.07) is 7.59. The van der Waals surface area contributed by atoms with E-state index in [4.69, 9.17) is 0 Å². The fraction of sp³-hybridized carbons (Fsp3) is 0.444. The van der Waals surface area contributed by atoms with Crippen LogP contribution in [0.3, 0.4) is 0 Å². The molecule has 2 aliphatic carbocycles. The maximum absolute atomic E-state index is 12.4. The number of benzene rings is 1. The van der Waals surface area contributed by atoms with Crippen molar-refractivity contribution in [3.8, 4) is 0 Å². The third-order valence-corrected chi connectivity index (χ3v) is 5.53. The van der Waals surface area contributed by atoms with Crippen molar-refractivity contribution in [2.45, 2.75) is 25.3 Å². The zero-order valence-electron chi connectivity index (χ0n) is 12.9. The molecule has 23 heavy (non-hydrogen) atoms. The van der Waals surface area contributed by atoms with Gasteiger partial charge in [-0.1, -0.05) is 12.1 Å². The summed E-state index contributed by atoms with van der Waals surface area (Å²) in [5, 5.41) is 17.7. The Morgan fingerprint density at radius 1 is 1.26 bits per heavy atom. The molecule has 0 radical (unpaired) electrons. The minimum atomic E-state index is -0.190. The van der Waals surface area contributed by atoms with Crippen molar-refractivity contribution in [1.82, 2.24) is 10.3 Å². The van der Waals surface area contributed by atoms with Gasteiger partial charge in [0.05, 0.1) is 5.69 Å². The Morgan fingerprint density at radius 2 is 2.13 bits per heavy atom. The van der Waals surface area contributed by atoms with Crippen molar-refractivity contribution in [2.24, 2.45) is 17.8 Å². The fourth-order valence-electron chi connectivity index (χ4n) is 4.44. The first-order valence-electron chi connectivity index (χ1n) is 8.27. The molecular formula is C18H21N3O2. The lowest BCUT2D eigenvalue weighted by molar-refractivity contribution is 0.146. The van der Waals surface area contributed by atoms with Crippen LogP contribution in [0.1, 0.15) is 19.3 Å². The average Bonchev–Trinajstić information content (AvgIpc) is 3.16. The van der Waals surface area contributed by atoms with E-state index in [0.29, 0.717) is 11.8 Å². The van der Waals surface area contributed by atoms with Crippen LogP contribution in [0.25, 0.3) is 10.8 Å². The van der Waals surface area contributed by atoms with Crippen LogP contribution in [0.4, 0.5) is 10.5 Å². The number of fused-ring (bicyclic) bond motifs is 3. The van der Waals surface area contributed by atoms with Crippen LogP contribution in [0.2, 0.25) is 0 Å². The van der Waals surface area contributed by atoms with Gasteiger partial charge in [-0.3, -0.25) is 4.98 Å². The number of aliphatic hydroxyl groups is 1. The van der Waals surface area contributed by atoms with Crippen LogP contribution in [-0.4, -0.2) is 28.8 Å². The monoisotopic (exact) mass is 311 g/mol. The summed E-state index contributed by atoms with van der Waals surface area (Å²) >= 11 is 0. The zero-order valence-corrected chi connectivity index (χ0v) is 12.9. The second-order valence-electron chi connectivity index (χ2n) is 6.71. The molecule has 0 aliphatic heterocycles. The molecule has 2 fully saturated rings. The quantitative estimate of drug-likeness (QED) is 0.816. The van der Waals surface area contributed by atoms with Crippen LogP contribution in [0.5, 0.6) is 0 Å². The molecule has 3 N–H and O–H groups in total. The molecule has 2 saturated carbocycles. The number of aliphatic hydroxyl groups excluding tert-OH is 1. The summed E-state index contributed by atoms with van der Waals surface area (Å²) < 4.78 is 0. The van der Waals surface area contributed by atoms with Gasteiger partial charge in [0.25, 0.3) is 0 Å². The molecule has 0 spiro atoms.